The van der Waals surface area contributed by atoms with Gasteiger partial charge in [-0.1, -0.05) is 99.5 Å². The third-order valence-corrected chi connectivity index (χ3v) is 7.43. The molecule has 0 saturated carbocycles. The SMILES string of the molecule is CCc1cc(C)cc(CC)c1N=C1C(=Nc2c(CC)cc(C)cc2CC)c2cccc3cccc1c23. The molecule has 1 aliphatic rings. The molecule has 182 valence electrons. The van der Waals surface area contributed by atoms with Crippen LogP contribution in [0.25, 0.3) is 10.8 Å². The molecule has 1 aliphatic carbocycles. The molecule has 0 heterocycles. The minimum atomic E-state index is 0.961. The van der Waals surface area contributed by atoms with E-state index in [1.165, 1.54) is 55.3 Å². The highest BCUT2D eigenvalue weighted by atomic mass is 14.8. The summed E-state index contributed by atoms with van der Waals surface area (Å²) in [4.78, 5) is 10.9. The van der Waals surface area contributed by atoms with Crippen molar-refractivity contribution in [2.45, 2.75) is 67.2 Å². The van der Waals surface area contributed by atoms with Crippen molar-refractivity contribution in [1.82, 2.24) is 0 Å². The number of hydrogen-bond donors (Lipinski definition) is 0. The van der Waals surface area contributed by atoms with Crippen LogP contribution < -0.4 is 0 Å². The van der Waals surface area contributed by atoms with Gasteiger partial charge in [0.2, 0.25) is 0 Å². The first-order valence-electron chi connectivity index (χ1n) is 13.4. The molecule has 0 bridgehead atoms. The Morgan fingerprint density at radius 3 is 1.22 bits per heavy atom. The second kappa shape index (κ2) is 9.85. The van der Waals surface area contributed by atoms with Crippen molar-refractivity contribution in [3.8, 4) is 0 Å². The number of rotatable bonds is 6. The molecule has 0 aromatic heterocycles. The summed E-state index contributed by atoms with van der Waals surface area (Å²) in [7, 11) is 0. The monoisotopic (exact) mass is 472 g/mol. The van der Waals surface area contributed by atoms with Gasteiger partial charge < -0.3 is 0 Å². The maximum atomic E-state index is 5.47. The molecule has 4 aromatic rings. The maximum Gasteiger partial charge on any atom is 0.0979 e. The molecule has 0 unspecified atom stereocenters. The van der Waals surface area contributed by atoms with Crippen LogP contribution >= 0.6 is 0 Å². The Balaban J connectivity index is 1.85. The van der Waals surface area contributed by atoms with Gasteiger partial charge in [0.05, 0.1) is 22.8 Å². The van der Waals surface area contributed by atoms with Gasteiger partial charge in [-0.05, 0) is 67.2 Å². The third-order valence-electron chi connectivity index (χ3n) is 7.43. The van der Waals surface area contributed by atoms with Crippen LogP contribution in [0.1, 0.15) is 72.2 Å². The lowest BCUT2D eigenvalue weighted by molar-refractivity contribution is 1.07. The lowest BCUT2D eigenvalue weighted by Crippen LogP contribution is -2.11. The quantitative estimate of drug-likeness (QED) is 0.267. The summed E-state index contributed by atoms with van der Waals surface area (Å²) in [5.74, 6) is 0. The smallest absolute Gasteiger partial charge is 0.0979 e. The van der Waals surface area contributed by atoms with E-state index in [4.69, 9.17) is 9.98 Å². The van der Waals surface area contributed by atoms with E-state index >= 15 is 0 Å². The Morgan fingerprint density at radius 2 is 0.889 bits per heavy atom. The van der Waals surface area contributed by atoms with Crippen molar-refractivity contribution in [1.29, 1.82) is 0 Å². The van der Waals surface area contributed by atoms with E-state index in [2.05, 4.69) is 102 Å². The van der Waals surface area contributed by atoms with Crippen LogP contribution in [0.2, 0.25) is 0 Å². The van der Waals surface area contributed by atoms with Crippen molar-refractivity contribution in [3.05, 3.63) is 105 Å². The average molecular weight is 473 g/mol. The molecule has 0 atom stereocenters. The van der Waals surface area contributed by atoms with E-state index in [0.717, 1.165) is 48.5 Å². The van der Waals surface area contributed by atoms with E-state index in [-0.39, 0.29) is 0 Å². The molecule has 0 radical (unpaired) electrons. The molecule has 4 aromatic carbocycles. The molecule has 0 saturated heterocycles. The second-order valence-corrected chi connectivity index (χ2v) is 9.91. The second-order valence-electron chi connectivity index (χ2n) is 9.91. The summed E-state index contributed by atoms with van der Waals surface area (Å²) in [6, 6.07) is 22.3. The van der Waals surface area contributed by atoms with Crippen LogP contribution in [-0.4, -0.2) is 11.4 Å². The number of benzene rings is 4. The molecule has 0 amide bonds. The molecule has 2 nitrogen and oxygen atoms in total. The summed E-state index contributed by atoms with van der Waals surface area (Å²) < 4.78 is 0. The van der Waals surface area contributed by atoms with Gasteiger partial charge in [-0.2, -0.15) is 0 Å². The van der Waals surface area contributed by atoms with Crippen LogP contribution in [0, 0.1) is 13.8 Å². The van der Waals surface area contributed by atoms with Gasteiger partial charge in [-0.15, -0.1) is 0 Å². The highest BCUT2D eigenvalue weighted by molar-refractivity contribution is 6.61. The fraction of sp³-hybridized carbons (Fsp3) is 0.294. The van der Waals surface area contributed by atoms with E-state index in [1.54, 1.807) is 0 Å². The first-order chi connectivity index (χ1) is 17.5. The summed E-state index contributed by atoms with van der Waals surface area (Å²) in [6.45, 7) is 13.3. The molecule has 0 N–H and O–H groups in total. The zero-order valence-electron chi connectivity index (χ0n) is 22.5. The van der Waals surface area contributed by atoms with Gasteiger partial charge in [0.1, 0.15) is 0 Å². The molecule has 0 fully saturated rings. The highest BCUT2D eigenvalue weighted by Gasteiger charge is 2.28. The fourth-order valence-corrected chi connectivity index (χ4v) is 5.67. The van der Waals surface area contributed by atoms with Crippen LogP contribution in [0.4, 0.5) is 11.4 Å². The van der Waals surface area contributed by atoms with Crippen LogP contribution in [0.3, 0.4) is 0 Å². The molecule has 5 rings (SSSR count). The van der Waals surface area contributed by atoms with Crippen LogP contribution in [-0.2, 0) is 25.7 Å². The zero-order valence-corrected chi connectivity index (χ0v) is 22.5. The maximum absolute atomic E-state index is 5.47. The molecular formula is C34H36N2. The summed E-state index contributed by atoms with van der Waals surface area (Å²) in [6.07, 6.45) is 3.84. The lowest BCUT2D eigenvalue weighted by atomic mass is 9.99. The number of nitrogens with zero attached hydrogens (tertiary/aromatic N) is 2. The molecular weight excluding hydrogens is 436 g/mol. The average Bonchev–Trinajstić information content (AvgIpc) is 3.19. The van der Waals surface area contributed by atoms with Crippen molar-refractivity contribution in [3.63, 3.8) is 0 Å². The minimum absolute atomic E-state index is 0.961. The Labute approximate surface area is 215 Å². The highest BCUT2D eigenvalue weighted by Crippen LogP contribution is 2.37. The molecule has 0 aliphatic heterocycles. The Bertz CT molecular complexity index is 1370. The van der Waals surface area contributed by atoms with E-state index in [1.807, 2.05) is 0 Å². The fourth-order valence-electron chi connectivity index (χ4n) is 5.67. The predicted octanol–water partition coefficient (Wildman–Crippen LogP) is 8.96. The van der Waals surface area contributed by atoms with Crippen molar-refractivity contribution in [2.75, 3.05) is 0 Å². The summed E-state index contributed by atoms with van der Waals surface area (Å²) in [5, 5.41) is 2.51. The van der Waals surface area contributed by atoms with Crippen molar-refractivity contribution in [2.24, 2.45) is 9.98 Å². The summed E-state index contributed by atoms with van der Waals surface area (Å²) in [5.41, 5.74) is 14.4. The van der Waals surface area contributed by atoms with E-state index < -0.39 is 0 Å². The van der Waals surface area contributed by atoms with E-state index in [9.17, 15) is 0 Å². The van der Waals surface area contributed by atoms with Crippen molar-refractivity contribution >= 4 is 33.6 Å². The lowest BCUT2D eigenvalue weighted by Gasteiger charge is -2.14. The van der Waals surface area contributed by atoms with Gasteiger partial charge in [-0.3, -0.25) is 0 Å². The van der Waals surface area contributed by atoms with Gasteiger partial charge in [0, 0.05) is 16.5 Å². The summed E-state index contributed by atoms with van der Waals surface area (Å²) >= 11 is 0. The van der Waals surface area contributed by atoms with Gasteiger partial charge in [-0.25, -0.2) is 9.98 Å². The Morgan fingerprint density at radius 1 is 0.528 bits per heavy atom. The molecule has 36 heavy (non-hydrogen) atoms. The standard InChI is InChI=1S/C34H36N2/c1-7-23-17-21(5)18-24(8-2)31(23)35-33-28-15-11-13-27-14-12-16-29(30(27)28)34(33)36-32-25(9-3)19-22(6)20-26(32)10-4/h11-20H,7-10H2,1-6H3. The van der Waals surface area contributed by atoms with Crippen molar-refractivity contribution < 1.29 is 0 Å². The largest absolute Gasteiger partial charge is 0.246 e. The number of aryl methyl sites for hydroxylation is 6. The number of hydrogen-bond acceptors (Lipinski definition) is 2. The molecule has 2 heteroatoms. The third kappa shape index (κ3) is 4.09. The van der Waals surface area contributed by atoms with Gasteiger partial charge in [0.15, 0.2) is 0 Å². The zero-order chi connectivity index (χ0) is 25.4. The normalized spacial score (nSPS) is 14.9. The van der Waals surface area contributed by atoms with Gasteiger partial charge >= 0.3 is 0 Å². The number of aliphatic imine (C=N–C) groups is 2. The van der Waals surface area contributed by atoms with Crippen LogP contribution in [0.5, 0.6) is 0 Å². The molecule has 0 spiro atoms. The van der Waals surface area contributed by atoms with Gasteiger partial charge in [0.25, 0.3) is 0 Å². The van der Waals surface area contributed by atoms with E-state index in [0.29, 0.717) is 0 Å². The van der Waals surface area contributed by atoms with Crippen LogP contribution in [0.15, 0.2) is 70.6 Å². The Hall–Kier alpha value is -3.52. The minimum Gasteiger partial charge on any atom is -0.246 e. The Kier molecular flexibility index (Phi) is 6.62. The predicted molar refractivity (Wildman–Crippen MR) is 156 cm³/mol. The first-order valence-corrected chi connectivity index (χ1v) is 13.4. The first kappa shape index (κ1) is 24.2. The topological polar surface area (TPSA) is 24.7 Å².